The fraction of sp³-hybridized carbons (Fsp3) is 0.308. The zero-order valence-electron chi connectivity index (χ0n) is 19.2. The molecule has 0 bridgehead atoms. The first kappa shape index (κ1) is 24.0. The molecule has 0 aliphatic heterocycles. The van der Waals surface area contributed by atoms with Gasteiger partial charge in [-0.2, -0.15) is 0 Å². The number of methoxy groups -OCH3 is 1. The molecule has 0 saturated heterocycles. The maximum absolute atomic E-state index is 13.3. The van der Waals surface area contributed by atoms with Crippen molar-refractivity contribution in [2.75, 3.05) is 13.7 Å². The molecule has 7 heteroatoms. The third kappa shape index (κ3) is 6.94. The topological polar surface area (TPSA) is 63.0 Å². The lowest BCUT2D eigenvalue weighted by molar-refractivity contribution is -0.142. The molecule has 6 nitrogen and oxygen atoms in total. The Kier molecular flexibility index (Phi) is 8.24. The highest BCUT2D eigenvalue weighted by Gasteiger charge is 2.24. The predicted molar refractivity (Wildman–Crippen MR) is 123 cm³/mol. The molecule has 0 radical (unpaired) electrons. The lowest BCUT2D eigenvalue weighted by Crippen LogP contribution is -2.46. The van der Waals surface area contributed by atoms with Crippen LogP contribution in [0.2, 0.25) is 0 Å². The highest BCUT2D eigenvalue weighted by Crippen LogP contribution is 2.15. The molecule has 0 unspecified atom stereocenters. The second kappa shape index (κ2) is 11.3. The predicted octanol–water partition coefficient (Wildman–Crippen LogP) is 4.44. The quantitative estimate of drug-likeness (QED) is 0.456. The van der Waals surface area contributed by atoms with Gasteiger partial charge in [0.15, 0.2) is 0 Å². The SMILES string of the molecule is COc1ccc(CC(=O)N(CC(=O)N(Cc2ccc(F)cc2)Cc2ccco2)C(C)C)cc1. The van der Waals surface area contributed by atoms with Crippen LogP contribution in [0, 0.1) is 5.82 Å². The standard InChI is InChI=1S/C26H29FN2O4/c1-19(2)29(25(30)15-20-8-12-23(32-3)13-9-20)18-26(31)28(17-24-5-4-14-33-24)16-21-6-10-22(27)11-7-21/h4-14,19H,15-18H2,1-3H3. The first-order valence-electron chi connectivity index (χ1n) is 10.8. The van der Waals surface area contributed by atoms with Crippen molar-refractivity contribution < 1.29 is 23.1 Å². The van der Waals surface area contributed by atoms with Crippen molar-refractivity contribution in [3.05, 3.63) is 89.6 Å². The zero-order chi connectivity index (χ0) is 23.8. The summed E-state index contributed by atoms with van der Waals surface area (Å²) >= 11 is 0. The van der Waals surface area contributed by atoms with Crippen LogP contribution in [0.25, 0.3) is 0 Å². The average molecular weight is 453 g/mol. The maximum atomic E-state index is 13.3. The van der Waals surface area contributed by atoms with Crippen molar-refractivity contribution in [1.29, 1.82) is 0 Å². The Bertz CT molecular complexity index is 1030. The minimum absolute atomic E-state index is 0.0610. The molecule has 0 aliphatic carbocycles. The number of amides is 2. The minimum Gasteiger partial charge on any atom is -0.497 e. The first-order chi connectivity index (χ1) is 15.9. The number of hydrogen-bond donors (Lipinski definition) is 0. The molecular formula is C26H29FN2O4. The van der Waals surface area contributed by atoms with Gasteiger partial charge in [-0.05, 0) is 61.4 Å². The van der Waals surface area contributed by atoms with E-state index in [1.54, 1.807) is 59.6 Å². The highest BCUT2D eigenvalue weighted by molar-refractivity contribution is 5.86. The normalized spacial score (nSPS) is 10.8. The van der Waals surface area contributed by atoms with Gasteiger partial charge < -0.3 is 19.0 Å². The molecule has 2 aromatic carbocycles. The second-order valence-electron chi connectivity index (χ2n) is 8.10. The van der Waals surface area contributed by atoms with Crippen LogP contribution < -0.4 is 4.74 Å². The van der Waals surface area contributed by atoms with Gasteiger partial charge in [-0.15, -0.1) is 0 Å². The third-order valence-corrected chi connectivity index (χ3v) is 5.33. The van der Waals surface area contributed by atoms with E-state index in [2.05, 4.69) is 0 Å². The summed E-state index contributed by atoms with van der Waals surface area (Å²) in [6.45, 7) is 4.24. The van der Waals surface area contributed by atoms with Crippen LogP contribution in [0.15, 0.2) is 71.3 Å². The van der Waals surface area contributed by atoms with E-state index in [1.807, 2.05) is 26.0 Å². The fourth-order valence-electron chi connectivity index (χ4n) is 3.46. The van der Waals surface area contributed by atoms with Crippen molar-refractivity contribution in [3.63, 3.8) is 0 Å². The number of rotatable bonds is 10. The van der Waals surface area contributed by atoms with Crippen LogP contribution in [0.4, 0.5) is 4.39 Å². The molecule has 0 spiro atoms. The van der Waals surface area contributed by atoms with Gasteiger partial charge in [-0.3, -0.25) is 9.59 Å². The molecule has 0 saturated carbocycles. The van der Waals surface area contributed by atoms with Crippen molar-refractivity contribution in [2.45, 2.75) is 39.4 Å². The Hall–Kier alpha value is -3.61. The Morgan fingerprint density at radius 3 is 2.18 bits per heavy atom. The van der Waals surface area contributed by atoms with Gasteiger partial charge in [0.1, 0.15) is 23.9 Å². The lowest BCUT2D eigenvalue weighted by atomic mass is 10.1. The van der Waals surface area contributed by atoms with Gasteiger partial charge in [-0.1, -0.05) is 24.3 Å². The summed E-state index contributed by atoms with van der Waals surface area (Å²) in [5, 5.41) is 0. The third-order valence-electron chi connectivity index (χ3n) is 5.33. The molecule has 2 amide bonds. The van der Waals surface area contributed by atoms with Gasteiger partial charge in [-0.25, -0.2) is 4.39 Å². The van der Waals surface area contributed by atoms with Gasteiger partial charge in [0.2, 0.25) is 11.8 Å². The number of carbonyl (C=O) groups excluding carboxylic acids is 2. The summed E-state index contributed by atoms with van der Waals surface area (Å²) < 4.78 is 23.9. The number of benzene rings is 2. The molecule has 0 aliphatic rings. The minimum atomic E-state index is -0.335. The number of nitrogens with zero attached hydrogens (tertiary/aromatic N) is 2. The molecule has 33 heavy (non-hydrogen) atoms. The van der Waals surface area contributed by atoms with Crippen LogP contribution in [-0.2, 0) is 29.1 Å². The van der Waals surface area contributed by atoms with Crippen LogP contribution >= 0.6 is 0 Å². The molecule has 0 fully saturated rings. The van der Waals surface area contributed by atoms with E-state index in [0.29, 0.717) is 5.76 Å². The highest BCUT2D eigenvalue weighted by atomic mass is 19.1. The summed E-state index contributed by atoms with van der Waals surface area (Å²) in [6, 6.07) is 16.7. The van der Waals surface area contributed by atoms with Crippen molar-refractivity contribution >= 4 is 11.8 Å². The van der Waals surface area contributed by atoms with E-state index in [-0.39, 0.29) is 49.7 Å². The lowest BCUT2D eigenvalue weighted by Gasteiger charge is -2.30. The van der Waals surface area contributed by atoms with Gasteiger partial charge in [0.05, 0.1) is 26.3 Å². The summed E-state index contributed by atoms with van der Waals surface area (Å²) in [6.07, 6.45) is 1.74. The Morgan fingerprint density at radius 2 is 1.61 bits per heavy atom. The molecule has 0 N–H and O–H groups in total. The summed E-state index contributed by atoms with van der Waals surface area (Å²) in [7, 11) is 1.59. The molecule has 1 aromatic heterocycles. The Balaban J connectivity index is 1.73. The van der Waals surface area contributed by atoms with Crippen LogP contribution in [0.1, 0.15) is 30.7 Å². The van der Waals surface area contributed by atoms with Crippen LogP contribution in [0.5, 0.6) is 5.75 Å². The number of hydrogen-bond acceptors (Lipinski definition) is 4. The molecular weight excluding hydrogens is 423 g/mol. The second-order valence-corrected chi connectivity index (χ2v) is 8.10. The van der Waals surface area contributed by atoms with Crippen LogP contribution in [0.3, 0.4) is 0 Å². The smallest absolute Gasteiger partial charge is 0.242 e. The molecule has 3 aromatic rings. The van der Waals surface area contributed by atoms with E-state index in [4.69, 9.17) is 9.15 Å². The average Bonchev–Trinajstić information content (AvgIpc) is 3.31. The fourth-order valence-corrected chi connectivity index (χ4v) is 3.46. The molecule has 3 rings (SSSR count). The number of carbonyl (C=O) groups is 2. The summed E-state index contributed by atoms with van der Waals surface area (Å²) in [4.78, 5) is 29.5. The van der Waals surface area contributed by atoms with E-state index < -0.39 is 0 Å². The molecule has 0 atom stereocenters. The number of furan rings is 1. The van der Waals surface area contributed by atoms with Crippen LogP contribution in [-0.4, -0.2) is 41.3 Å². The van der Waals surface area contributed by atoms with Gasteiger partial charge in [0, 0.05) is 12.6 Å². The molecule has 174 valence electrons. The maximum Gasteiger partial charge on any atom is 0.242 e. The van der Waals surface area contributed by atoms with Gasteiger partial charge in [0.25, 0.3) is 0 Å². The summed E-state index contributed by atoms with van der Waals surface area (Å²) in [5.74, 6) is 0.663. The monoisotopic (exact) mass is 452 g/mol. The van der Waals surface area contributed by atoms with Gasteiger partial charge >= 0.3 is 0 Å². The van der Waals surface area contributed by atoms with E-state index in [0.717, 1.165) is 16.9 Å². The van der Waals surface area contributed by atoms with Crippen molar-refractivity contribution in [3.8, 4) is 5.75 Å². The van der Waals surface area contributed by atoms with E-state index >= 15 is 0 Å². The largest absolute Gasteiger partial charge is 0.497 e. The number of halogens is 1. The zero-order valence-corrected chi connectivity index (χ0v) is 19.2. The van der Waals surface area contributed by atoms with Crippen molar-refractivity contribution in [1.82, 2.24) is 9.80 Å². The molecule has 1 heterocycles. The van der Waals surface area contributed by atoms with E-state index in [9.17, 15) is 14.0 Å². The number of ether oxygens (including phenoxy) is 1. The Morgan fingerprint density at radius 1 is 0.939 bits per heavy atom. The van der Waals surface area contributed by atoms with E-state index in [1.165, 1.54) is 12.1 Å². The first-order valence-corrected chi connectivity index (χ1v) is 10.8. The Labute approximate surface area is 193 Å². The van der Waals surface area contributed by atoms with Crippen molar-refractivity contribution in [2.24, 2.45) is 0 Å². The summed E-state index contributed by atoms with van der Waals surface area (Å²) in [5.41, 5.74) is 1.63.